The third-order valence-corrected chi connectivity index (χ3v) is 3.28. The van der Waals surface area contributed by atoms with Gasteiger partial charge in [0.05, 0.1) is 12.0 Å². The summed E-state index contributed by atoms with van der Waals surface area (Å²) in [6.07, 6.45) is 2.01. The van der Waals surface area contributed by atoms with Gasteiger partial charge in [-0.05, 0) is 31.4 Å². The smallest absolute Gasteiger partial charge is 0.307 e. The number of primary amides is 1. The minimum absolute atomic E-state index is 0.119. The Labute approximate surface area is 109 Å². The summed E-state index contributed by atoms with van der Waals surface area (Å²) >= 11 is 0. The van der Waals surface area contributed by atoms with Gasteiger partial charge in [-0.1, -0.05) is 0 Å². The number of hydrogen-bond acceptors (Lipinski definition) is 3. The summed E-state index contributed by atoms with van der Waals surface area (Å²) in [5, 5.41) is 8.85. The minimum atomic E-state index is -0.950. The van der Waals surface area contributed by atoms with Crippen molar-refractivity contribution in [2.24, 2.45) is 5.73 Å². The molecule has 0 spiro atoms. The highest BCUT2D eigenvalue weighted by Crippen LogP contribution is 2.39. The van der Waals surface area contributed by atoms with Crippen LogP contribution in [-0.4, -0.2) is 22.6 Å². The fourth-order valence-corrected chi connectivity index (χ4v) is 2.17. The molecule has 0 atom stereocenters. The third kappa shape index (κ3) is 2.83. The van der Waals surface area contributed by atoms with Gasteiger partial charge in [0, 0.05) is 6.07 Å². The van der Waals surface area contributed by atoms with Gasteiger partial charge in [0.2, 0.25) is 0 Å². The Kier molecular flexibility index (Phi) is 3.42. The Morgan fingerprint density at radius 1 is 1.42 bits per heavy atom. The zero-order chi connectivity index (χ0) is 14.0. The summed E-state index contributed by atoms with van der Waals surface area (Å²) in [7, 11) is 0. The lowest BCUT2D eigenvalue weighted by Gasteiger charge is -2.40. The summed E-state index contributed by atoms with van der Waals surface area (Å²) in [5.41, 5.74) is 4.03. The Balaban J connectivity index is 2.17. The topological polar surface area (TPSA) is 89.6 Å². The standard InChI is InChI=1S/C13H14FNO4/c14-10-6-8(2-3-9(10)12(15)18)19-13(4-1-5-13)7-11(16)17/h2-3,6H,1,4-5,7H2,(H2,15,18)(H,16,17). The predicted molar refractivity (Wildman–Crippen MR) is 64.4 cm³/mol. The minimum Gasteiger partial charge on any atom is -0.487 e. The van der Waals surface area contributed by atoms with Crippen LogP contribution in [0.15, 0.2) is 18.2 Å². The molecule has 0 bridgehead atoms. The molecule has 0 radical (unpaired) electrons. The second-order valence-corrected chi connectivity index (χ2v) is 4.72. The molecule has 102 valence electrons. The number of aliphatic carboxylic acids is 1. The first-order chi connectivity index (χ1) is 8.92. The summed E-state index contributed by atoms with van der Waals surface area (Å²) in [6.45, 7) is 0. The summed E-state index contributed by atoms with van der Waals surface area (Å²) in [5.74, 6) is -2.36. The molecule has 1 amide bonds. The van der Waals surface area contributed by atoms with Gasteiger partial charge in [-0.25, -0.2) is 4.39 Å². The highest BCUT2D eigenvalue weighted by atomic mass is 19.1. The Hall–Kier alpha value is -2.11. The fourth-order valence-electron chi connectivity index (χ4n) is 2.17. The Morgan fingerprint density at radius 3 is 2.53 bits per heavy atom. The van der Waals surface area contributed by atoms with E-state index in [1.54, 1.807) is 0 Å². The molecule has 3 N–H and O–H groups in total. The molecular weight excluding hydrogens is 253 g/mol. The molecule has 5 nitrogen and oxygen atoms in total. The van der Waals surface area contributed by atoms with Crippen molar-refractivity contribution in [3.05, 3.63) is 29.6 Å². The van der Waals surface area contributed by atoms with E-state index < -0.39 is 23.3 Å². The number of ether oxygens (including phenoxy) is 1. The van der Waals surface area contributed by atoms with Crippen LogP contribution in [-0.2, 0) is 4.79 Å². The van der Waals surface area contributed by atoms with E-state index in [-0.39, 0.29) is 17.7 Å². The summed E-state index contributed by atoms with van der Waals surface area (Å²) < 4.78 is 19.2. The van der Waals surface area contributed by atoms with Crippen LogP contribution in [0.1, 0.15) is 36.0 Å². The third-order valence-electron chi connectivity index (χ3n) is 3.28. The van der Waals surface area contributed by atoms with Crippen LogP contribution < -0.4 is 10.5 Å². The van der Waals surface area contributed by atoms with Crippen LogP contribution in [0, 0.1) is 5.82 Å². The number of halogens is 1. The number of rotatable bonds is 5. The number of carboxylic acid groups (broad SMARTS) is 1. The average Bonchev–Trinajstić information content (AvgIpc) is 2.25. The van der Waals surface area contributed by atoms with Crippen LogP contribution in [0.25, 0.3) is 0 Å². The molecular formula is C13H14FNO4. The van der Waals surface area contributed by atoms with Crippen LogP contribution in [0.2, 0.25) is 0 Å². The number of hydrogen-bond donors (Lipinski definition) is 2. The molecule has 0 saturated heterocycles. The molecule has 0 aromatic heterocycles. The molecule has 0 unspecified atom stereocenters. The molecule has 6 heteroatoms. The summed E-state index contributed by atoms with van der Waals surface area (Å²) in [4.78, 5) is 21.7. The second kappa shape index (κ2) is 4.87. The van der Waals surface area contributed by atoms with Crippen molar-refractivity contribution < 1.29 is 23.8 Å². The SMILES string of the molecule is NC(=O)c1ccc(OC2(CC(=O)O)CCC2)cc1F. The van der Waals surface area contributed by atoms with Crippen molar-refractivity contribution in [3.8, 4) is 5.75 Å². The maximum absolute atomic E-state index is 13.6. The van der Waals surface area contributed by atoms with Gasteiger partial charge >= 0.3 is 5.97 Å². The maximum Gasteiger partial charge on any atom is 0.307 e. The molecule has 1 aromatic carbocycles. The van der Waals surface area contributed by atoms with E-state index in [0.29, 0.717) is 12.8 Å². The fraction of sp³-hybridized carbons (Fsp3) is 0.385. The van der Waals surface area contributed by atoms with E-state index in [1.807, 2.05) is 0 Å². The van der Waals surface area contributed by atoms with Crippen molar-refractivity contribution >= 4 is 11.9 Å². The normalized spacial score (nSPS) is 16.5. The van der Waals surface area contributed by atoms with Crippen LogP contribution >= 0.6 is 0 Å². The van der Waals surface area contributed by atoms with Crippen molar-refractivity contribution in [2.45, 2.75) is 31.3 Å². The average molecular weight is 267 g/mol. The predicted octanol–water partition coefficient (Wildman–Crippen LogP) is 1.70. The number of nitrogens with two attached hydrogens (primary N) is 1. The molecule has 2 rings (SSSR count). The number of carbonyl (C=O) groups is 2. The first kappa shape index (κ1) is 13.3. The zero-order valence-corrected chi connectivity index (χ0v) is 10.2. The van der Waals surface area contributed by atoms with Gasteiger partial charge in [-0.2, -0.15) is 0 Å². The summed E-state index contributed by atoms with van der Waals surface area (Å²) in [6, 6.07) is 3.72. The number of amides is 1. The number of carboxylic acids is 1. The second-order valence-electron chi connectivity index (χ2n) is 4.72. The largest absolute Gasteiger partial charge is 0.487 e. The monoisotopic (exact) mass is 267 g/mol. The number of benzene rings is 1. The molecule has 1 aliphatic carbocycles. The number of carbonyl (C=O) groups excluding carboxylic acids is 1. The zero-order valence-electron chi connectivity index (χ0n) is 10.2. The Morgan fingerprint density at radius 2 is 2.11 bits per heavy atom. The van der Waals surface area contributed by atoms with E-state index in [0.717, 1.165) is 12.5 Å². The first-order valence-corrected chi connectivity index (χ1v) is 5.92. The van der Waals surface area contributed by atoms with Crippen LogP contribution in [0.4, 0.5) is 4.39 Å². The quantitative estimate of drug-likeness (QED) is 0.849. The maximum atomic E-state index is 13.6. The van der Waals surface area contributed by atoms with Crippen molar-refractivity contribution in [1.29, 1.82) is 0 Å². The van der Waals surface area contributed by atoms with Gasteiger partial charge in [0.15, 0.2) is 0 Å². The highest BCUT2D eigenvalue weighted by Gasteiger charge is 2.41. The molecule has 1 aromatic rings. The molecule has 1 saturated carbocycles. The van der Waals surface area contributed by atoms with E-state index in [9.17, 15) is 14.0 Å². The lowest BCUT2D eigenvalue weighted by molar-refractivity contribution is -0.144. The first-order valence-electron chi connectivity index (χ1n) is 5.92. The van der Waals surface area contributed by atoms with Crippen molar-refractivity contribution in [2.75, 3.05) is 0 Å². The highest BCUT2D eigenvalue weighted by molar-refractivity contribution is 5.93. The van der Waals surface area contributed by atoms with Gasteiger partial charge in [0.25, 0.3) is 5.91 Å². The van der Waals surface area contributed by atoms with Crippen molar-refractivity contribution in [3.63, 3.8) is 0 Å². The molecule has 0 aliphatic heterocycles. The molecule has 19 heavy (non-hydrogen) atoms. The van der Waals surface area contributed by atoms with Crippen LogP contribution in [0.5, 0.6) is 5.75 Å². The Bertz CT molecular complexity index is 525. The van der Waals surface area contributed by atoms with Gasteiger partial charge in [-0.3, -0.25) is 9.59 Å². The van der Waals surface area contributed by atoms with E-state index in [1.165, 1.54) is 12.1 Å². The van der Waals surface area contributed by atoms with Crippen molar-refractivity contribution in [1.82, 2.24) is 0 Å². The lowest BCUT2D eigenvalue weighted by Crippen LogP contribution is -2.45. The van der Waals surface area contributed by atoms with Gasteiger partial charge in [-0.15, -0.1) is 0 Å². The molecule has 0 heterocycles. The van der Waals surface area contributed by atoms with E-state index in [4.69, 9.17) is 15.6 Å². The van der Waals surface area contributed by atoms with E-state index >= 15 is 0 Å². The molecule has 1 aliphatic rings. The lowest BCUT2D eigenvalue weighted by atomic mass is 9.77. The van der Waals surface area contributed by atoms with Crippen LogP contribution in [0.3, 0.4) is 0 Å². The van der Waals surface area contributed by atoms with E-state index in [2.05, 4.69) is 0 Å². The van der Waals surface area contributed by atoms with Gasteiger partial charge in [0.1, 0.15) is 17.2 Å². The van der Waals surface area contributed by atoms with Gasteiger partial charge < -0.3 is 15.6 Å². The molecule has 1 fully saturated rings.